The average Bonchev–Trinajstić information content (AvgIpc) is 4.08. The second-order valence-corrected chi connectivity index (χ2v) is 30.9. The number of halogens is 1. The first-order valence-corrected chi connectivity index (χ1v) is 28.4. The van der Waals surface area contributed by atoms with Gasteiger partial charge in [0, 0.05) is 46.2 Å². The lowest BCUT2D eigenvalue weighted by molar-refractivity contribution is 0.00578. The van der Waals surface area contributed by atoms with Gasteiger partial charge in [0.05, 0.1) is 36.2 Å². The summed E-state index contributed by atoms with van der Waals surface area (Å²) in [5, 5.41) is 10.1. The van der Waals surface area contributed by atoms with Crippen molar-refractivity contribution in [1.29, 1.82) is 0 Å². The van der Waals surface area contributed by atoms with E-state index in [4.69, 9.17) is 28.3 Å². The molecule has 0 radical (unpaired) electrons. The summed E-state index contributed by atoms with van der Waals surface area (Å²) < 4.78 is 36.9. The Bertz CT molecular complexity index is 2040. The highest BCUT2D eigenvalue weighted by atomic mass is 79.9. The maximum Gasteiger partial charge on any atom is 0.461 e. The number of carbonyl (C=O) groups is 2. The molecule has 0 atom stereocenters. The van der Waals surface area contributed by atoms with Crippen LogP contribution in [0.3, 0.4) is 0 Å². The molecule has 3 fully saturated rings. The van der Waals surface area contributed by atoms with Crippen LogP contribution in [0.2, 0.25) is 57.2 Å². The van der Waals surface area contributed by atoms with Crippen molar-refractivity contribution >= 4 is 73.2 Å². The summed E-state index contributed by atoms with van der Waals surface area (Å²) in [6, 6.07) is 6.00. The molecule has 5 heterocycles. The summed E-state index contributed by atoms with van der Waals surface area (Å²) >= 11 is 3.35. The fourth-order valence-electron chi connectivity index (χ4n) is 5.93. The van der Waals surface area contributed by atoms with Crippen LogP contribution in [-0.2, 0) is 41.7 Å². The first-order chi connectivity index (χ1) is 27.1. The number of pyridine rings is 2. The van der Waals surface area contributed by atoms with Crippen molar-refractivity contribution in [2.24, 2.45) is 0 Å². The van der Waals surface area contributed by atoms with E-state index in [2.05, 4.69) is 103 Å². The largest absolute Gasteiger partial charge is 0.464 e. The zero-order valence-electron chi connectivity index (χ0n) is 36.4. The molecule has 2 aliphatic carbocycles. The predicted molar refractivity (Wildman–Crippen MR) is 235 cm³/mol. The molecule has 0 N–H and O–H groups in total. The summed E-state index contributed by atoms with van der Waals surface area (Å²) in [7, 11) is 0.521. The molecular weight excluding hydrogens is 839 g/mol. The third kappa shape index (κ3) is 12.3. The van der Waals surface area contributed by atoms with Crippen LogP contribution >= 0.6 is 15.9 Å². The molecule has 4 aromatic rings. The molecule has 3 aliphatic rings. The minimum Gasteiger partial charge on any atom is -0.464 e. The molecular formula is C40H62BBrN6O8Si2. The van der Waals surface area contributed by atoms with E-state index in [1.54, 1.807) is 21.6 Å². The van der Waals surface area contributed by atoms with Crippen LogP contribution in [0.25, 0.3) is 22.1 Å². The zero-order valence-corrected chi connectivity index (χ0v) is 40.0. The monoisotopic (exact) mass is 900 g/mol. The van der Waals surface area contributed by atoms with Crippen LogP contribution in [0.5, 0.6) is 0 Å². The lowest BCUT2D eigenvalue weighted by Crippen LogP contribution is -2.41. The summed E-state index contributed by atoms with van der Waals surface area (Å²) in [6.07, 6.45) is 8.49. The van der Waals surface area contributed by atoms with E-state index in [1.165, 1.54) is 45.5 Å². The standard InChI is InChI=1S/C17H25N3O3Si.C14H20BrN3O3Si.C9H17BO2/c1-22-17(21)15-14-9-13(12-5-6-12)10-18-16(14)20(19-15)11-23-7-8-24(2,3)4;1-20-14(19)12-11-7-10(15)8-16-13(11)18(17-12)9-21-5-6-22(2,3)4;1-8(2)9(3,4)12-10(11-8)7-5-6-7/h9-10,12H,5-8,11H2,1-4H3;7-8H,5-6,9H2,1-4H3;7H,5-6H2,1-4H3. The molecule has 1 saturated heterocycles. The minimum atomic E-state index is -1.13. The molecule has 0 unspecified atom stereocenters. The number of hydrogen-bond donors (Lipinski definition) is 0. The topological polar surface area (TPSA) is 151 Å². The van der Waals surface area contributed by atoms with Crippen LogP contribution in [0, 0.1) is 0 Å². The summed E-state index contributed by atoms with van der Waals surface area (Å²) in [5.74, 6) is 0.330. The molecule has 18 heteroatoms. The highest BCUT2D eigenvalue weighted by Crippen LogP contribution is 2.48. The van der Waals surface area contributed by atoms with Crippen LogP contribution in [0.15, 0.2) is 29.0 Å². The number of aromatic nitrogens is 6. The maximum atomic E-state index is 12.0. The van der Waals surface area contributed by atoms with Crippen molar-refractivity contribution in [2.45, 2.75) is 141 Å². The van der Waals surface area contributed by atoms with Gasteiger partial charge >= 0.3 is 19.1 Å². The molecule has 58 heavy (non-hydrogen) atoms. The van der Waals surface area contributed by atoms with Gasteiger partial charge in [-0.2, -0.15) is 10.2 Å². The quantitative estimate of drug-likeness (QED) is 0.0675. The van der Waals surface area contributed by atoms with Crippen molar-refractivity contribution in [2.75, 3.05) is 27.4 Å². The number of rotatable bonds is 14. The molecule has 0 aromatic carbocycles. The second kappa shape index (κ2) is 18.7. The van der Waals surface area contributed by atoms with Gasteiger partial charge in [-0.05, 0) is 98.0 Å². The molecule has 4 aromatic heterocycles. The summed E-state index contributed by atoms with van der Waals surface area (Å²) in [5.41, 5.74) is 2.74. The number of nitrogens with zero attached hydrogens (tertiary/aromatic N) is 6. The van der Waals surface area contributed by atoms with E-state index in [0.29, 0.717) is 54.1 Å². The second-order valence-electron chi connectivity index (χ2n) is 18.8. The van der Waals surface area contributed by atoms with Gasteiger partial charge < -0.3 is 28.3 Å². The fraction of sp³-hybridized carbons (Fsp3) is 0.650. The van der Waals surface area contributed by atoms with E-state index in [0.717, 1.165) is 21.9 Å². The number of ether oxygens (including phenoxy) is 4. The average molecular weight is 902 g/mol. The molecule has 0 amide bonds. The van der Waals surface area contributed by atoms with Crippen LogP contribution < -0.4 is 0 Å². The highest BCUT2D eigenvalue weighted by molar-refractivity contribution is 9.10. The van der Waals surface area contributed by atoms with Gasteiger partial charge in [0.1, 0.15) is 13.5 Å². The molecule has 7 rings (SSSR count). The Hall–Kier alpha value is -3.00. The normalized spacial score (nSPS) is 17.4. The first-order valence-electron chi connectivity index (χ1n) is 20.2. The highest BCUT2D eigenvalue weighted by Gasteiger charge is 2.56. The van der Waals surface area contributed by atoms with Gasteiger partial charge in [0.15, 0.2) is 22.7 Å². The molecule has 2 saturated carbocycles. The summed E-state index contributed by atoms with van der Waals surface area (Å²) in [4.78, 5) is 32.7. The molecule has 14 nitrogen and oxygen atoms in total. The predicted octanol–water partition coefficient (Wildman–Crippen LogP) is 8.94. The van der Waals surface area contributed by atoms with Crippen molar-refractivity contribution in [3.05, 3.63) is 46.0 Å². The van der Waals surface area contributed by atoms with E-state index < -0.39 is 28.1 Å². The van der Waals surface area contributed by atoms with E-state index in [1.807, 2.05) is 12.3 Å². The lowest BCUT2D eigenvalue weighted by Gasteiger charge is -2.32. The Morgan fingerprint density at radius 3 is 1.62 bits per heavy atom. The van der Waals surface area contributed by atoms with Crippen molar-refractivity contribution in [1.82, 2.24) is 29.5 Å². The molecule has 0 bridgehead atoms. The van der Waals surface area contributed by atoms with Crippen molar-refractivity contribution in [3.63, 3.8) is 0 Å². The molecule has 1 aliphatic heterocycles. The lowest BCUT2D eigenvalue weighted by atomic mass is 9.82. The number of carbonyl (C=O) groups excluding carboxylic acids is 2. The first kappa shape index (κ1) is 46.1. The van der Waals surface area contributed by atoms with Gasteiger partial charge in [0.25, 0.3) is 0 Å². The van der Waals surface area contributed by atoms with Crippen molar-refractivity contribution in [3.8, 4) is 0 Å². The number of hydrogen-bond acceptors (Lipinski definition) is 12. The maximum absolute atomic E-state index is 12.0. The van der Waals surface area contributed by atoms with Gasteiger partial charge in [-0.15, -0.1) is 0 Å². The molecule has 0 spiro atoms. The van der Waals surface area contributed by atoms with E-state index in [9.17, 15) is 9.59 Å². The van der Waals surface area contributed by atoms with Crippen LogP contribution in [0.4, 0.5) is 0 Å². The van der Waals surface area contributed by atoms with Gasteiger partial charge in [0.2, 0.25) is 0 Å². The van der Waals surface area contributed by atoms with E-state index >= 15 is 0 Å². The Kier molecular flexibility index (Phi) is 14.9. The Balaban J connectivity index is 0.000000174. The summed E-state index contributed by atoms with van der Waals surface area (Å²) in [6.45, 7) is 24.2. The SMILES string of the molecule is CC1(C)OB(C2CC2)OC1(C)C.COC(=O)c1nn(COCC[Si](C)(C)C)c2ncc(Br)cc12.COC(=O)c1nn(COCC[Si](C)(C)C)c2ncc(C3CC3)cc12. The van der Waals surface area contributed by atoms with Crippen LogP contribution in [0.1, 0.15) is 85.8 Å². The Labute approximate surface area is 353 Å². The smallest absolute Gasteiger partial charge is 0.461 e. The van der Waals surface area contributed by atoms with Gasteiger partial charge in [-0.25, -0.2) is 28.9 Å². The Morgan fingerprint density at radius 2 is 1.21 bits per heavy atom. The number of fused-ring (bicyclic) bond motifs is 2. The third-order valence-corrected chi connectivity index (χ3v) is 14.5. The minimum absolute atomic E-state index is 0.0648. The zero-order chi connectivity index (χ0) is 42.6. The third-order valence-electron chi connectivity index (χ3n) is 10.7. The Morgan fingerprint density at radius 1 is 0.759 bits per heavy atom. The van der Waals surface area contributed by atoms with Gasteiger partial charge in [-0.1, -0.05) is 52.1 Å². The van der Waals surface area contributed by atoms with Crippen LogP contribution in [-0.4, -0.2) is 103 Å². The van der Waals surface area contributed by atoms with Gasteiger partial charge in [-0.3, -0.25) is 0 Å². The number of esters is 2. The van der Waals surface area contributed by atoms with E-state index in [-0.39, 0.29) is 30.7 Å². The molecule has 318 valence electrons. The number of methoxy groups -OCH3 is 2. The van der Waals surface area contributed by atoms with Crippen molar-refractivity contribution < 1.29 is 37.8 Å². The fourth-order valence-corrected chi connectivity index (χ4v) is 7.78.